The van der Waals surface area contributed by atoms with E-state index in [0.29, 0.717) is 16.3 Å². The molecular formula is C18H15ClN2O5. The Labute approximate surface area is 152 Å². The molecule has 0 saturated carbocycles. The van der Waals surface area contributed by atoms with Gasteiger partial charge in [-0.25, -0.2) is 4.68 Å². The van der Waals surface area contributed by atoms with E-state index in [1.54, 1.807) is 36.4 Å². The lowest BCUT2D eigenvalue weighted by atomic mass is 10.2. The number of nitrogens with one attached hydrogen (secondary N) is 1. The van der Waals surface area contributed by atoms with Crippen molar-refractivity contribution in [1.29, 1.82) is 0 Å². The third kappa shape index (κ3) is 3.62. The Balaban J connectivity index is 1.78. The van der Waals surface area contributed by atoms with Gasteiger partial charge in [0.05, 0.1) is 17.9 Å². The Morgan fingerprint density at radius 1 is 1.15 bits per heavy atom. The molecule has 3 aromatic rings. The van der Waals surface area contributed by atoms with Gasteiger partial charge >= 0.3 is 5.97 Å². The lowest BCUT2D eigenvalue weighted by Gasteiger charge is -2.11. The van der Waals surface area contributed by atoms with E-state index in [1.165, 1.54) is 13.2 Å². The number of halogens is 1. The van der Waals surface area contributed by atoms with Crippen molar-refractivity contribution in [1.82, 2.24) is 9.78 Å². The smallest absolute Gasteiger partial charge is 0.328 e. The zero-order valence-corrected chi connectivity index (χ0v) is 14.6. The number of methoxy groups -OCH3 is 1. The zero-order chi connectivity index (χ0) is 18.7. The average Bonchev–Trinajstić information content (AvgIpc) is 2.64. The van der Waals surface area contributed by atoms with Crippen molar-refractivity contribution in [3.05, 3.63) is 73.8 Å². The van der Waals surface area contributed by atoms with Crippen LogP contribution in [0.1, 0.15) is 5.56 Å². The van der Waals surface area contributed by atoms with Crippen LogP contribution in [-0.2, 0) is 22.7 Å². The molecule has 0 unspecified atom stereocenters. The van der Waals surface area contributed by atoms with E-state index in [2.05, 4.69) is 5.10 Å². The molecule has 0 amide bonds. The maximum Gasteiger partial charge on any atom is 0.328 e. The van der Waals surface area contributed by atoms with Crippen LogP contribution in [0, 0.1) is 0 Å². The Morgan fingerprint density at radius 2 is 1.88 bits per heavy atom. The fraction of sp³-hybridized carbons (Fsp3) is 0.167. The predicted octanol–water partition coefficient (Wildman–Crippen LogP) is 2.10. The van der Waals surface area contributed by atoms with Crippen LogP contribution in [0.5, 0.6) is 5.75 Å². The van der Waals surface area contributed by atoms with Gasteiger partial charge in [0.25, 0.3) is 11.1 Å². The molecule has 0 bridgehead atoms. The van der Waals surface area contributed by atoms with Gasteiger partial charge in [0.1, 0.15) is 18.9 Å². The Morgan fingerprint density at radius 3 is 2.62 bits per heavy atom. The highest BCUT2D eigenvalue weighted by Gasteiger charge is 2.12. The quantitative estimate of drug-likeness (QED) is 0.691. The highest BCUT2D eigenvalue weighted by atomic mass is 35.5. The summed E-state index contributed by atoms with van der Waals surface area (Å²) in [6.07, 6.45) is 0. The van der Waals surface area contributed by atoms with Crippen LogP contribution in [0.15, 0.2) is 52.1 Å². The van der Waals surface area contributed by atoms with Crippen molar-refractivity contribution in [3.63, 3.8) is 0 Å². The van der Waals surface area contributed by atoms with Crippen LogP contribution in [0.3, 0.4) is 0 Å². The van der Waals surface area contributed by atoms with Crippen LogP contribution >= 0.6 is 11.6 Å². The normalized spacial score (nSPS) is 10.7. The van der Waals surface area contributed by atoms with Crippen molar-refractivity contribution in [2.75, 3.05) is 7.11 Å². The molecule has 0 atom stereocenters. The van der Waals surface area contributed by atoms with Gasteiger partial charge in [-0.15, -0.1) is 0 Å². The number of hydrogen-bond donors (Lipinski definition) is 1. The van der Waals surface area contributed by atoms with Crippen LogP contribution in [0.2, 0.25) is 5.02 Å². The fourth-order valence-corrected chi connectivity index (χ4v) is 2.75. The largest absolute Gasteiger partial charge is 0.496 e. The minimum Gasteiger partial charge on any atom is -0.496 e. The number of carbonyl (C=O) groups excluding carboxylic acids is 1. The molecule has 1 N–H and O–H groups in total. The number of aromatic nitrogens is 2. The molecule has 8 heteroatoms. The van der Waals surface area contributed by atoms with Gasteiger partial charge in [-0.2, -0.15) is 0 Å². The fourth-order valence-electron chi connectivity index (χ4n) is 2.55. The second-order valence-corrected chi connectivity index (χ2v) is 5.93. The molecule has 0 radical (unpaired) electrons. The number of H-pyrrole nitrogens is 1. The molecule has 1 heterocycles. The number of carbonyl (C=O) groups is 1. The van der Waals surface area contributed by atoms with Crippen molar-refractivity contribution in [3.8, 4) is 5.75 Å². The van der Waals surface area contributed by atoms with Gasteiger partial charge in [-0.05, 0) is 30.3 Å². The van der Waals surface area contributed by atoms with Crippen LogP contribution in [-0.4, -0.2) is 22.9 Å². The lowest BCUT2D eigenvalue weighted by Crippen LogP contribution is -2.32. The van der Waals surface area contributed by atoms with Gasteiger partial charge in [0, 0.05) is 10.6 Å². The first-order valence-electron chi connectivity index (χ1n) is 7.69. The Kier molecular flexibility index (Phi) is 5.09. The molecule has 0 aliphatic rings. The summed E-state index contributed by atoms with van der Waals surface area (Å²) in [5.41, 5.74) is -0.338. The van der Waals surface area contributed by atoms with Crippen molar-refractivity contribution in [2.45, 2.75) is 13.2 Å². The second kappa shape index (κ2) is 7.45. The van der Waals surface area contributed by atoms with Gasteiger partial charge in [-0.3, -0.25) is 19.5 Å². The summed E-state index contributed by atoms with van der Waals surface area (Å²) in [4.78, 5) is 36.5. The summed E-state index contributed by atoms with van der Waals surface area (Å²) in [7, 11) is 1.49. The molecule has 26 heavy (non-hydrogen) atoms. The molecule has 0 aliphatic carbocycles. The summed E-state index contributed by atoms with van der Waals surface area (Å²) in [6.45, 7) is -0.489. The first kappa shape index (κ1) is 17.8. The standard InChI is InChI=1S/C18H15ClN2O5/c1-25-15-7-6-12(19)8-11(15)10-26-16(22)9-21-18(24)14-5-3-2-4-13(14)17(23)20-21/h2-8H,9-10H2,1H3,(H,20,23). The molecule has 3 rings (SSSR count). The Hall–Kier alpha value is -3.06. The number of nitrogens with zero attached hydrogens (tertiary/aromatic N) is 1. The minimum absolute atomic E-state index is 0.0743. The van der Waals surface area contributed by atoms with E-state index in [9.17, 15) is 14.4 Å². The van der Waals surface area contributed by atoms with Gasteiger partial charge in [0.2, 0.25) is 0 Å². The van der Waals surface area contributed by atoms with Gasteiger partial charge in [-0.1, -0.05) is 23.7 Å². The van der Waals surface area contributed by atoms with Gasteiger partial charge in [0.15, 0.2) is 0 Å². The van der Waals surface area contributed by atoms with Crippen LogP contribution in [0.4, 0.5) is 0 Å². The number of hydrogen-bond acceptors (Lipinski definition) is 5. The van der Waals surface area contributed by atoms with Crippen molar-refractivity contribution < 1.29 is 14.3 Å². The van der Waals surface area contributed by atoms with Crippen LogP contribution in [0.25, 0.3) is 10.8 Å². The highest BCUT2D eigenvalue weighted by Crippen LogP contribution is 2.23. The molecule has 2 aromatic carbocycles. The van der Waals surface area contributed by atoms with Crippen molar-refractivity contribution in [2.24, 2.45) is 0 Å². The lowest BCUT2D eigenvalue weighted by molar-refractivity contribution is -0.146. The number of ether oxygens (including phenoxy) is 2. The number of benzene rings is 2. The Bertz CT molecular complexity index is 1090. The van der Waals surface area contributed by atoms with Gasteiger partial charge < -0.3 is 9.47 Å². The average molecular weight is 375 g/mol. The monoisotopic (exact) mass is 374 g/mol. The SMILES string of the molecule is COc1ccc(Cl)cc1COC(=O)Cn1[nH]c(=O)c2ccccc2c1=O. The van der Waals surface area contributed by atoms with E-state index < -0.39 is 23.6 Å². The summed E-state index contributed by atoms with van der Waals surface area (Å²) < 4.78 is 11.3. The van der Waals surface area contributed by atoms with E-state index in [1.807, 2.05) is 0 Å². The predicted molar refractivity (Wildman–Crippen MR) is 96.6 cm³/mol. The summed E-state index contributed by atoms with van der Waals surface area (Å²) >= 11 is 5.93. The van der Waals surface area contributed by atoms with E-state index >= 15 is 0 Å². The summed E-state index contributed by atoms with van der Waals surface area (Å²) in [5, 5.41) is 3.37. The third-order valence-corrected chi connectivity index (χ3v) is 4.04. The number of esters is 1. The molecule has 134 valence electrons. The molecule has 0 aliphatic heterocycles. The number of aromatic amines is 1. The maximum absolute atomic E-state index is 12.4. The second-order valence-electron chi connectivity index (χ2n) is 5.49. The van der Waals surface area contributed by atoms with E-state index in [0.717, 1.165) is 4.68 Å². The maximum atomic E-state index is 12.4. The van der Waals surface area contributed by atoms with Crippen molar-refractivity contribution >= 4 is 28.3 Å². The van der Waals surface area contributed by atoms with Crippen LogP contribution < -0.4 is 15.9 Å². The van der Waals surface area contributed by atoms with E-state index in [-0.39, 0.29) is 17.4 Å². The zero-order valence-electron chi connectivity index (χ0n) is 13.8. The highest BCUT2D eigenvalue weighted by molar-refractivity contribution is 6.30. The third-order valence-electron chi connectivity index (χ3n) is 3.80. The number of fused-ring (bicyclic) bond motifs is 1. The minimum atomic E-state index is -0.681. The first-order valence-corrected chi connectivity index (χ1v) is 8.07. The summed E-state index contributed by atoms with van der Waals surface area (Å²) in [6, 6.07) is 11.3. The molecular weight excluding hydrogens is 360 g/mol. The molecule has 0 spiro atoms. The first-order chi connectivity index (χ1) is 12.5. The van der Waals surface area contributed by atoms with E-state index in [4.69, 9.17) is 21.1 Å². The number of rotatable bonds is 5. The topological polar surface area (TPSA) is 90.4 Å². The molecule has 0 saturated heterocycles. The molecule has 0 fully saturated rings. The molecule has 7 nitrogen and oxygen atoms in total. The molecule has 1 aromatic heterocycles. The summed E-state index contributed by atoms with van der Waals surface area (Å²) in [5.74, 6) is -0.154.